The van der Waals surface area contributed by atoms with Gasteiger partial charge < -0.3 is 5.11 Å². The van der Waals surface area contributed by atoms with E-state index in [0.29, 0.717) is 25.7 Å². The maximum atomic E-state index is 12.1. The zero-order valence-electron chi connectivity index (χ0n) is 10.5. The molecule has 2 atom stereocenters. The summed E-state index contributed by atoms with van der Waals surface area (Å²) in [6, 6.07) is 7.74. The van der Waals surface area contributed by atoms with E-state index in [1.807, 2.05) is 31.2 Å². The summed E-state index contributed by atoms with van der Waals surface area (Å²) in [6.07, 6.45) is 2.13. The molecule has 4 heteroatoms. The summed E-state index contributed by atoms with van der Waals surface area (Å²) in [5, 5.41) is 10.2. The van der Waals surface area contributed by atoms with E-state index in [2.05, 4.69) is 0 Å². The average Bonchev–Trinajstić information content (AvgIpc) is 2.51. The molecule has 2 bridgehead atoms. The summed E-state index contributed by atoms with van der Waals surface area (Å²) in [4.78, 5) is 0. The van der Waals surface area contributed by atoms with Crippen molar-refractivity contribution in [3.8, 4) is 0 Å². The van der Waals surface area contributed by atoms with Crippen molar-refractivity contribution in [3.05, 3.63) is 35.4 Å². The van der Waals surface area contributed by atoms with E-state index >= 15 is 0 Å². The zero-order chi connectivity index (χ0) is 13.0. The Morgan fingerprint density at radius 1 is 1.17 bits per heavy atom. The largest absolute Gasteiger partial charge is 0.385 e. The van der Waals surface area contributed by atoms with Crippen LogP contribution in [0, 0.1) is 6.92 Å². The predicted molar refractivity (Wildman–Crippen MR) is 70.0 cm³/mol. The molecule has 2 unspecified atom stereocenters. The molecule has 0 amide bonds. The van der Waals surface area contributed by atoms with Crippen molar-refractivity contribution in [2.24, 2.45) is 0 Å². The van der Waals surface area contributed by atoms with Crippen molar-refractivity contribution in [1.29, 1.82) is 0 Å². The van der Waals surface area contributed by atoms with Gasteiger partial charge in [-0.25, -0.2) is 8.42 Å². The lowest BCUT2D eigenvalue weighted by Crippen LogP contribution is -2.43. The average molecular weight is 266 g/mol. The van der Waals surface area contributed by atoms with Crippen LogP contribution in [0.15, 0.2) is 24.3 Å². The van der Waals surface area contributed by atoms with Crippen LogP contribution in [-0.4, -0.2) is 24.0 Å². The van der Waals surface area contributed by atoms with Crippen LogP contribution in [0.25, 0.3) is 0 Å². The SMILES string of the molecule is Cc1ccccc1C1(O)CC2CCC(C1)S2(=O)=O. The predicted octanol–water partition coefficient (Wildman–Crippen LogP) is 1.92. The summed E-state index contributed by atoms with van der Waals surface area (Å²) in [6.45, 7) is 1.97. The smallest absolute Gasteiger partial charge is 0.156 e. The number of hydrogen-bond donors (Lipinski definition) is 1. The Balaban J connectivity index is 2.03. The van der Waals surface area contributed by atoms with Gasteiger partial charge in [-0.05, 0) is 43.7 Å². The van der Waals surface area contributed by atoms with E-state index < -0.39 is 15.4 Å². The Labute approximate surface area is 108 Å². The second kappa shape index (κ2) is 3.81. The first kappa shape index (κ1) is 12.2. The summed E-state index contributed by atoms with van der Waals surface area (Å²) < 4.78 is 24.1. The van der Waals surface area contributed by atoms with Crippen LogP contribution in [0.2, 0.25) is 0 Å². The topological polar surface area (TPSA) is 54.4 Å². The molecular formula is C14H18O3S. The Bertz CT molecular complexity index is 556. The Morgan fingerprint density at radius 2 is 1.72 bits per heavy atom. The number of sulfone groups is 1. The summed E-state index contributed by atoms with van der Waals surface area (Å²) >= 11 is 0. The van der Waals surface area contributed by atoms with Gasteiger partial charge in [-0.15, -0.1) is 0 Å². The molecule has 0 aromatic heterocycles. The van der Waals surface area contributed by atoms with Crippen LogP contribution in [0.1, 0.15) is 36.8 Å². The summed E-state index contributed by atoms with van der Waals surface area (Å²) in [5.41, 5.74) is 0.984. The third kappa shape index (κ3) is 1.62. The van der Waals surface area contributed by atoms with Crippen molar-refractivity contribution in [2.75, 3.05) is 0 Å². The zero-order valence-corrected chi connectivity index (χ0v) is 11.3. The molecule has 1 N–H and O–H groups in total. The fourth-order valence-electron chi connectivity index (χ4n) is 3.56. The van der Waals surface area contributed by atoms with Gasteiger partial charge in [-0.1, -0.05) is 24.3 Å². The third-order valence-corrected chi connectivity index (χ3v) is 7.18. The van der Waals surface area contributed by atoms with E-state index in [0.717, 1.165) is 11.1 Å². The van der Waals surface area contributed by atoms with Crippen LogP contribution in [-0.2, 0) is 15.4 Å². The Kier molecular flexibility index (Phi) is 2.58. The molecule has 1 aromatic carbocycles. The minimum absolute atomic E-state index is 0.346. The Morgan fingerprint density at radius 3 is 2.28 bits per heavy atom. The summed E-state index contributed by atoms with van der Waals surface area (Å²) in [7, 11) is -2.98. The van der Waals surface area contributed by atoms with E-state index in [-0.39, 0.29) is 10.5 Å². The molecule has 0 spiro atoms. The van der Waals surface area contributed by atoms with Crippen LogP contribution in [0.3, 0.4) is 0 Å². The van der Waals surface area contributed by atoms with Gasteiger partial charge in [0.05, 0.1) is 16.1 Å². The lowest BCUT2D eigenvalue weighted by molar-refractivity contribution is 0.0167. The highest BCUT2D eigenvalue weighted by Gasteiger charge is 2.53. The number of benzene rings is 1. The van der Waals surface area contributed by atoms with Crippen molar-refractivity contribution in [2.45, 2.75) is 48.7 Å². The first-order valence-corrected chi connectivity index (χ1v) is 8.06. The lowest BCUT2D eigenvalue weighted by Gasteiger charge is -2.37. The van der Waals surface area contributed by atoms with Crippen LogP contribution in [0.5, 0.6) is 0 Å². The highest BCUT2D eigenvalue weighted by molar-refractivity contribution is 7.93. The monoisotopic (exact) mass is 266 g/mol. The van der Waals surface area contributed by atoms with Crippen LogP contribution >= 0.6 is 0 Å². The van der Waals surface area contributed by atoms with E-state index in [1.165, 1.54) is 0 Å². The number of fused-ring (bicyclic) bond motifs is 2. The van der Waals surface area contributed by atoms with Gasteiger partial charge in [0.15, 0.2) is 9.84 Å². The lowest BCUT2D eigenvalue weighted by atomic mass is 9.83. The fraction of sp³-hybridized carbons (Fsp3) is 0.571. The maximum absolute atomic E-state index is 12.1. The van der Waals surface area contributed by atoms with Gasteiger partial charge in [0, 0.05) is 0 Å². The third-order valence-electron chi connectivity index (χ3n) is 4.52. The second-order valence-corrected chi connectivity index (χ2v) is 8.18. The van der Waals surface area contributed by atoms with Crippen molar-refractivity contribution in [1.82, 2.24) is 0 Å². The van der Waals surface area contributed by atoms with Crippen LogP contribution in [0.4, 0.5) is 0 Å². The number of rotatable bonds is 1. The van der Waals surface area contributed by atoms with Gasteiger partial charge in [0.1, 0.15) is 0 Å². The van der Waals surface area contributed by atoms with Gasteiger partial charge >= 0.3 is 0 Å². The standard InChI is InChI=1S/C14H18O3S/c1-10-4-2-3-5-13(10)14(15)8-11-6-7-12(9-14)18(11,16)17/h2-5,11-12,15H,6-9H2,1H3. The highest BCUT2D eigenvalue weighted by Crippen LogP contribution is 2.48. The number of hydrogen-bond acceptors (Lipinski definition) is 3. The van der Waals surface area contributed by atoms with Gasteiger partial charge in [0.2, 0.25) is 0 Å². The van der Waals surface area contributed by atoms with Gasteiger partial charge in [0.25, 0.3) is 0 Å². The normalized spacial score (nSPS) is 37.7. The maximum Gasteiger partial charge on any atom is 0.156 e. The molecule has 0 aliphatic carbocycles. The minimum Gasteiger partial charge on any atom is -0.385 e. The van der Waals surface area contributed by atoms with Crippen molar-refractivity contribution >= 4 is 9.84 Å². The van der Waals surface area contributed by atoms with Crippen molar-refractivity contribution < 1.29 is 13.5 Å². The number of aryl methyl sites for hydroxylation is 1. The number of aliphatic hydroxyl groups is 1. The molecule has 18 heavy (non-hydrogen) atoms. The van der Waals surface area contributed by atoms with Crippen molar-refractivity contribution in [3.63, 3.8) is 0 Å². The molecule has 98 valence electrons. The molecule has 2 heterocycles. The molecule has 2 aliphatic rings. The minimum atomic E-state index is -2.98. The molecule has 2 fully saturated rings. The molecule has 0 radical (unpaired) electrons. The van der Waals surface area contributed by atoms with E-state index in [4.69, 9.17) is 0 Å². The fourth-order valence-corrected chi connectivity index (χ4v) is 6.05. The molecule has 3 rings (SSSR count). The molecular weight excluding hydrogens is 248 g/mol. The Hall–Kier alpha value is -0.870. The van der Waals surface area contributed by atoms with Crippen LogP contribution < -0.4 is 0 Å². The summed E-state index contributed by atoms with van der Waals surface area (Å²) in [5.74, 6) is 0. The molecule has 1 aromatic rings. The molecule has 3 nitrogen and oxygen atoms in total. The van der Waals surface area contributed by atoms with Gasteiger partial charge in [-0.3, -0.25) is 0 Å². The second-order valence-electron chi connectivity index (χ2n) is 5.67. The van der Waals surface area contributed by atoms with Gasteiger partial charge in [-0.2, -0.15) is 0 Å². The molecule has 0 saturated carbocycles. The van der Waals surface area contributed by atoms with E-state index in [1.54, 1.807) is 0 Å². The highest BCUT2D eigenvalue weighted by atomic mass is 32.2. The first-order valence-electron chi connectivity index (χ1n) is 6.45. The quantitative estimate of drug-likeness (QED) is 0.845. The molecule has 2 saturated heterocycles. The van der Waals surface area contributed by atoms with E-state index in [9.17, 15) is 13.5 Å². The molecule has 2 aliphatic heterocycles. The first-order chi connectivity index (χ1) is 8.43.